The molecule has 1 fully saturated rings. The summed E-state index contributed by atoms with van der Waals surface area (Å²) in [4.78, 5) is 20.0. The average molecular weight is 347 g/mol. The number of nitrogens with zero attached hydrogens (tertiary/aromatic N) is 1. The van der Waals surface area contributed by atoms with E-state index < -0.39 is 0 Å². The number of fused-ring (bicyclic) bond motifs is 1. The van der Waals surface area contributed by atoms with E-state index in [1.807, 2.05) is 31.2 Å². The van der Waals surface area contributed by atoms with Crippen LogP contribution in [0.4, 0.5) is 10.3 Å². The molecule has 2 atom stereocenters. The van der Waals surface area contributed by atoms with Crippen LogP contribution in [-0.4, -0.2) is 15.9 Å². The van der Waals surface area contributed by atoms with Gasteiger partial charge in [-0.2, -0.15) is 0 Å². The first-order valence-corrected chi connectivity index (χ1v) is 8.69. The van der Waals surface area contributed by atoms with Crippen LogP contribution in [0.1, 0.15) is 36.8 Å². The lowest BCUT2D eigenvalue weighted by Gasteiger charge is -2.02. The number of aromatic nitrogens is 2. The number of H-pyrrole nitrogens is 1. The van der Waals surface area contributed by atoms with Gasteiger partial charge in [-0.25, -0.2) is 9.37 Å². The normalized spacial score (nSPS) is 18.2. The molecule has 5 heteroatoms. The molecule has 3 aromatic rings. The zero-order valence-electron chi connectivity index (χ0n) is 14.3. The van der Waals surface area contributed by atoms with Crippen molar-refractivity contribution in [1.29, 1.82) is 0 Å². The molecule has 0 radical (unpaired) electrons. The van der Waals surface area contributed by atoms with Crippen LogP contribution in [0.25, 0.3) is 11.0 Å². The number of aromatic amines is 1. The summed E-state index contributed by atoms with van der Waals surface area (Å²) in [6, 6.07) is 12.2. The summed E-state index contributed by atoms with van der Waals surface area (Å²) >= 11 is 0. The predicted octanol–water partition coefficient (Wildman–Crippen LogP) is 4.21. The molecule has 0 aliphatic heterocycles. The first-order valence-electron chi connectivity index (χ1n) is 8.69. The van der Waals surface area contributed by atoms with Crippen LogP contribution in [0.15, 0.2) is 42.5 Å². The SMILES string of the molecule is CCC#Cc1ccc2nc(NC(=O)C3CC3c3cccc(F)c3)[nH]c2c1. The van der Waals surface area contributed by atoms with Gasteiger partial charge in [0.05, 0.1) is 11.0 Å². The summed E-state index contributed by atoms with van der Waals surface area (Å²) in [5.41, 5.74) is 3.39. The van der Waals surface area contributed by atoms with Crippen LogP contribution in [0.2, 0.25) is 0 Å². The van der Waals surface area contributed by atoms with Crippen molar-refractivity contribution in [2.45, 2.75) is 25.7 Å². The van der Waals surface area contributed by atoms with Gasteiger partial charge in [-0.15, -0.1) is 0 Å². The Morgan fingerprint density at radius 3 is 3.04 bits per heavy atom. The summed E-state index contributed by atoms with van der Waals surface area (Å²) < 4.78 is 13.3. The highest BCUT2D eigenvalue weighted by molar-refractivity contribution is 5.95. The number of imidazole rings is 1. The molecule has 1 aliphatic rings. The highest BCUT2D eigenvalue weighted by atomic mass is 19.1. The van der Waals surface area contributed by atoms with Gasteiger partial charge in [0.2, 0.25) is 11.9 Å². The van der Waals surface area contributed by atoms with Gasteiger partial charge >= 0.3 is 0 Å². The second kappa shape index (κ2) is 6.64. The van der Waals surface area contributed by atoms with E-state index in [0.29, 0.717) is 5.95 Å². The van der Waals surface area contributed by atoms with E-state index in [0.717, 1.165) is 35.0 Å². The Morgan fingerprint density at radius 1 is 1.35 bits per heavy atom. The Labute approximate surface area is 150 Å². The molecule has 1 amide bonds. The minimum atomic E-state index is -0.271. The maximum atomic E-state index is 13.3. The second-order valence-corrected chi connectivity index (χ2v) is 6.47. The maximum absolute atomic E-state index is 13.3. The third-order valence-electron chi connectivity index (χ3n) is 4.54. The minimum absolute atomic E-state index is 0.0750. The number of amides is 1. The Bertz CT molecular complexity index is 1040. The zero-order chi connectivity index (χ0) is 18.1. The first-order chi connectivity index (χ1) is 12.6. The highest BCUT2D eigenvalue weighted by Crippen LogP contribution is 2.48. The molecule has 2 unspecified atom stereocenters. The van der Waals surface area contributed by atoms with E-state index >= 15 is 0 Å². The van der Waals surface area contributed by atoms with E-state index in [2.05, 4.69) is 27.1 Å². The summed E-state index contributed by atoms with van der Waals surface area (Å²) in [7, 11) is 0. The van der Waals surface area contributed by atoms with Crippen molar-refractivity contribution in [1.82, 2.24) is 9.97 Å². The van der Waals surface area contributed by atoms with Crippen LogP contribution < -0.4 is 5.32 Å². The van der Waals surface area contributed by atoms with Crippen molar-refractivity contribution in [2.24, 2.45) is 5.92 Å². The molecule has 1 aromatic heterocycles. The molecule has 0 saturated heterocycles. The molecule has 4 rings (SSSR count). The Kier molecular flexibility index (Phi) is 4.18. The number of carbonyl (C=O) groups excluding carboxylic acids is 1. The molecule has 1 aliphatic carbocycles. The van der Waals surface area contributed by atoms with Gasteiger partial charge in [0.1, 0.15) is 5.82 Å². The lowest BCUT2D eigenvalue weighted by molar-refractivity contribution is -0.117. The van der Waals surface area contributed by atoms with Gasteiger partial charge in [0.15, 0.2) is 0 Å². The van der Waals surface area contributed by atoms with Crippen molar-refractivity contribution in [2.75, 3.05) is 5.32 Å². The lowest BCUT2D eigenvalue weighted by atomic mass is 10.1. The van der Waals surface area contributed by atoms with E-state index in [4.69, 9.17) is 0 Å². The van der Waals surface area contributed by atoms with Gasteiger partial charge in [-0.05, 0) is 48.2 Å². The van der Waals surface area contributed by atoms with Crippen LogP contribution >= 0.6 is 0 Å². The summed E-state index contributed by atoms with van der Waals surface area (Å²) in [6.45, 7) is 2.00. The van der Waals surface area contributed by atoms with E-state index in [-0.39, 0.29) is 23.6 Å². The van der Waals surface area contributed by atoms with Crippen molar-refractivity contribution in [3.8, 4) is 11.8 Å². The number of benzene rings is 2. The smallest absolute Gasteiger partial charge is 0.230 e. The van der Waals surface area contributed by atoms with Crippen LogP contribution in [0, 0.1) is 23.6 Å². The number of rotatable bonds is 3. The maximum Gasteiger partial charge on any atom is 0.230 e. The fraction of sp³-hybridized carbons (Fsp3) is 0.238. The van der Waals surface area contributed by atoms with Crippen LogP contribution in [0.3, 0.4) is 0 Å². The monoisotopic (exact) mass is 347 g/mol. The molecule has 4 nitrogen and oxygen atoms in total. The second-order valence-electron chi connectivity index (χ2n) is 6.47. The molecular weight excluding hydrogens is 329 g/mol. The number of hydrogen-bond donors (Lipinski definition) is 2. The highest BCUT2D eigenvalue weighted by Gasteiger charge is 2.44. The van der Waals surface area contributed by atoms with Crippen molar-refractivity contribution in [3.63, 3.8) is 0 Å². The molecule has 0 bridgehead atoms. The van der Waals surface area contributed by atoms with Gasteiger partial charge in [0.25, 0.3) is 0 Å². The lowest BCUT2D eigenvalue weighted by Crippen LogP contribution is -2.15. The number of carbonyl (C=O) groups is 1. The zero-order valence-corrected chi connectivity index (χ0v) is 14.3. The van der Waals surface area contributed by atoms with Crippen LogP contribution in [0.5, 0.6) is 0 Å². The molecular formula is C21H18FN3O. The third-order valence-corrected chi connectivity index (χ3v) is 4.54. The fourth-order valence-corrected chi connectivity index (χ4v) is 3.14. The molecule has 2 aromatic carbocycles. The van der Waals surface area contributed by atoms with Gasteiger partial charge in [-0.1, -0.05) is 30.9 Å². The molecule has 0 spiro atoms. The molecule has 130 valence electrons. The average Bonchev–Trinajstić information content (AvgIpc) is 3.34. The Morgan fingerprint density at radius 2 is 2.23 bits per heavy atom. The molecule has 1 heterocycles. The van der Waals surface area contributed by atoms with Gasteiger partial charge < -0.3 is 4.98 Å². The number of nitrogens with one attached hydrogen (secondary N) is 2. The topological polar surface area (TPSA) is 57.8 Å². The molecule has 26 heavy (non-hydrogen) atoms. The quantitative estimate of drug-likeness (QED) is 0.698. The fourth-order valence-electron chi connectivity index (χ4n) is 3.14. The largest absolute Gasteiger partial charge is 0.324 e. The summed E-state index contributed by atoms with van der Waals surface area (Å²) in [6.07, 6.45) is 1.53. The minimum Gasteiger partial charge on any atom is -0.324 e. The summed E-state index contributed by atoms with van der Waals surface area (Å²) in [5.74, 6) is 6.11. The first kappa shape index (κ1) is 16.3. The van der Waals surface area contributed by atoms with Gasteiger partial charge in [0, 0.05) is 17.9 Å². The van der Waals surface area contributed by atoms with Crippen molar-refractivity contribution in [3.05, 3.63) is 59.4 Å². The van der Waals surface area contributed by atoms with Gasteiger partial charge in [-0.3, -0.25) is 10.1 Å². The van der Waals surface area contributed by atoms with E-state index in [1.54, 1.807) is 6.07 Å². The van der Waals surface area contributed by atoms with Crippen LogP contribution in [-0.2, 0) is 4.79 Å². The Hall–Kier alpha value is -3.13. The number of anilines is 1. The number of hydrogen-bond acceptors (Lipinski definition) is 2. The summed E-state index contributed by atoms with van der Waals surface area (Å²) in [5, 5.41) is 2.83. The number of halogens is 1. The van der Waals surface area contributed by atoms with Crippen molar-refractivity contribution < 1.29 is 9.18 Å². The van der Waals surface area contributed by atoms with E-state index in [9.17, 15) is 9.18 Å². The molecule has 1 saturated carbocycles. The van der Waals surface area contributed by atoms with E-state index in [1.165, 1.54) is 12.1 Å². The standard InChI is InChI=1S/C21H18FN3O/c1-2-3-5-13-8-9-18-19(10-13)24-21(23-18)25-20(26)17-12-16(17)14-6-4-7-15(22)11-14/h4,6-11,16-17H,2,12H2,1H3,(H2,23,24,25,26). The Balaban J connectivity index is 1.46. The van der Waals surface area contributed by atoms with Crippen molar-refractivity contribution >= 4 is 22.9 Å². The molecule has 2 N–H and O–H groups in total. The third kappa shape index (κ3) is 3.31. The predicted molar refractivity (Wildman–Crippen MR) is 99.1 cm³/mol.